The minimum Gasteiger partial charge on any atom is -0.475 e. The predicted octanol–water partition coefficient (Wildman–Crippen LogP) is 2.02. The molecule has 1 amide bonds. The lowest BCUT2D eigenvalue weighted by atomic mass is 9.98. The number of halogens is 3. The predicted molar refractivity (Wildman–Crippen MR) is 74.3 cm³/mol. The SMILES string of the molecule is O=C(C1CCCNC1)N1CCCCCC1.O=C(O)C(F)(F)F. The Bertz CT molecular complexity index is 361. The molecule has 8 heteroatoms. The van der Waals surface area contributed by atoms with Crippen LogP contribution < -0.4 is 5.32 Å². The molecule has 0 aromatic carbocycles. The van der Waals surface area contributed by atoms with Crippen LogP contribution in [0.3, 0.4) is 0 Å². The average Bonchev–Trinajstić information content (AvgIpc) is 2.76. The number of likely N-dealkylation sites (tertiary alicyclic amines) is 1. The second-order valence-electron chi connectivity index (χ2n) is 5.59. The molecule has 2 saturated heterocycles. The first-order chi connectivity index (χ1) is 10.3. The number of amides is 1. The van der Waals surface area contributed by atoms with Gasteiger partial charge in [-0.3, -0.25) is 4.79 Å². The van der Waals surface area contributed by atoms with E-state index < -0.39 is 12.1 Å². The van der Waals surface area contributed by atoms with Gasteiger partial charge >= 0.3 is 12.1 Å². The van der Waals surface area contributed by atoms with Gasteiger partial charge in [-0.15, -0.1) is 0 Å². The highest BCUT2D eigenvalue weighted by Gasteiger charge is 2.38. The third-order valence-corrected chi connectivity index (χ3v) is 3.81. The van der Waals surface area contributed by atoms with E-state index in [9.17, 15) is 18.0 Å². The van der Waals surface area contributed by atoms with E-state index in [1.54, 1.807) is 0 Å². The normalized spacial score (nSPS) is 23.0. The van der Waals surface area contributed by atoms with Gasteiger partial charge in [-0.05, 0) is 32.2 Å². The van der Waals surface area contributed by atoms with Crippen LogP contribution in [-0.2, 0) is 9.59 Å². The van der Waals surface area contributed by atoms with Crippen LogP contribution in [0, 0.1) is 5.92 Å². The highest BCUT2D eigenvalue weighted by Crippen LogP contribution is 2.17. The van der Waals surface area contributed by atoms with E-state index in [-0.39, 0.29) is 5.92 Å². The summed E-state index contributed by atoms with van der Waals surface area (Å²) in [6, 6.07) is 0. The summed E-state index contributed by atoms with van der Waals surface area (Å²) in [5.41, 5.74) is 0. The van der Waals surface area contributed by atoms with Gasteiger partial charge in [0.05, 0.1) is 5.92 Å². The zero-order valence-corrected chi connectivity index (χ0v) is 12.5. The monoisotopic (exact) mass is 324 g/mol. The Morgan fingerprint density at radius 1 is 1.05 bits per heavy atom. The number of carbonyl (C=O) groups is 2. The van der Waals surface area contributed by atoms with Crippen molar-refractivity contribution in [2.75, 3.05) is 26.2 Å². The first-order valence-electron chi connectivity index (χ1n) is 7.62. The van der Waals surface area contributed by atoms with E-state index in [1.807, 2.05) is 0 Å². The molecule has 0 radical (unpaired) electrons. The molecule has 2 rings (SSSR count). The number of carbonyl (C=O) groups excluding carboxylic acids is 1. The third-order valence-electron chi connectivity index (χ3n) is 3.81. The highest BCUT2D eigenvalue weighted by atomic mass is 19.4. The summed E-state index contributed by atoms with van der Waals surface area (Å²) in [6.07, 6.45) is 2.16. The Labute approximate surface area is 127 Å². The van der Waals surface area contributed by atoms with Crippen molar-refractivity contribution in [3.63, 3.8) is 0 Å². The van der Waals surface area contributed by atoms with Gasteiger partial charge in [-0.1, -0.05) is 12.8 Å². The van der Waals surface area contributed by atoms with Gasteiger partial charge in [0.25, 0.3) is 0 Å². The molecule has 0 bridgehead atoms. The molecule has 2 aliphatic heterocycles. The van der Waals surface area contributed by atoms with Gasteiger partial charge in [0.1, 0.15) is 0 Å². The van der Waals surface area contributed by atoms with Gasteiger partial charge in [0, 0.05) is 19.6 Å². The van der Waals surface area contributed by atoms with Crippen LogP contribution in [-0.4, -0.2) is 54.2 Å². The molecule has 2 fully saturated rings. The summed E-state index contributed by atoms with van der Waals surface area (Å²) in [4.78, 5) is 23.2. The summed E-state index contributed by atoms with van der Waals surface area (Å²) in [5, 5.41) is 10.4. The maximum Gasteiger partial charge on any atom is 0.490 e. The molecule has 5 nitrogen and oxygen atoms in total. The highest BCUT2D eigenvalue weighted by molar-refractivity contribution is 5.79. The molecule has 22 heavy (non-hydrogen) atoms. The van der Waals surface area contributed by atoms with Crippen LogP contribution in [0.5, 0.6) is 0 Å². The van der Waals surface area contributed by atoms with E-state index in [4.69, 9.17) is 9.90 Å². The molecule has 2 N–H and O–H groups in total. The van der Waals surface area contributed by atoms with Crippen LogP contribution in [0.4, 0.5) is 13.2 Å². The average molecular weight is 324 g/mol. The smallest absolute Gasteiger partial charge is 0.475 e. The Morgan fingerprint density at radius 2 is 1.59 bits per heavy atom. The van der Waals surface area contributed by atoms with Crippen molar-refractivity contribution in [2.45, 2.75) is 44.7 Å². The van der Waals surface area contributed by atoms with Crippen molar-refractivity contribution in [1.82, 2.24) is 10.2 Å². The first kappa shape index (κ1) is 18.7. The lowest BCUT2D eigenvalue weighted by Gasteiger charge is -2.28. The number of nitrogens with one attached hydrogen (secondary N) is 1. The Kier molecular flexibility index (Phi) is 7.64. The van der Waals surface area contributed by atoms with Gasteiger partial charge in [0.2, 0.25) is 5.91 Å². The van der Waals surface area contributed by atoms with Crippen molar-refractivity contribution in [3.05, 3.63) is 0 Å². The summed E-state index contributed by atoms with van der Waals surface area (Å²) < 4.78 is 31.7. The van der Waals surface area contributed by atoms with Crippen LogP contribution in [0.2, 0.25) is 0 Å². The molecule has 1 atom stereocenters. The number of piperidine rings is 1. The molecule has 0 saturated carbocycles. The van der Waals surface area contributed by atoms with Crippen molar-refractivity contribution in [1.29, 1.82) is 0 Å². The van der Waals surface area contributed by atoms with Crippen LogP contribution >= 0.6 is 0 Å². The number of hydrogen-bond donors (Lipinski definition) is 2. The van der Waals surface area contributed by atoms with Crippen molar-refractivity contribution >= 4 is 11.9 Å². The molecule has 2 heterocycles. The number of aliphatic carboxylic acids is 1. The van der Waals surface area contributed by atoms with Gasteiger partial charge in [-0.25, -0.2) is 4.79 Å². The van der Waals surface area contributed by atoms with Crippen molar-refractivity contribution in [3.8, 4) is 0 Å². The molecule has 128 valence electrons. The summed E-state index contributed by atoms with van der Waals surface area (Å²) in [5.74, 6) is -2.09. The van der Waals surface area contributed by atoms with Crippen molar-refractivity contribution in [2.24, 2.45) is 5.92 Å². The summed E-state index contributed by atoms with van der Waals surface area (Å²) in [7, 11) is 0. The molecular weight excluding hydrogens is 301 g/mol. The van der Waals surface area contributed by atoms with E-state index in [1.165, 1.54) is 25.7 Å². The number of rotatable bonds is 1. The fraction of sp³-hybridized carbons (Fsp3) is 0.857. The third kappa shape index (κ3) is 6.64. The topological polar surface area (TPSA) is 69.6 Å². The zero-order chi connectivity index (χ0) is 16.6. The number of carboxylic acid groups (broad SMARTS) is 1. The fourth-order valence-electron chi connectivity index (χ4n) is 2.61. The minimum atomic E-state index is -5.08. The van der Waals surface area contributed by atoms with Gasteiger partial charge < -0.3 is 15.3 Å². The van der Waals surface area contributed by atoms with Crippen LogP contribution in [0.25, 0.3) is 0 Å². The number of hydrogen-bond acceptors (Lipinski definition) is 3. The van der Waals surface area contributed by atoms with E-state index in [0.29, 0.717) is 5.91 Å². The largest absolute Gasteiger partial charge is 0.490 e. The molecule has 0 aliphatic carbocycles. The van der Waals surface area contributed by atoms with E-state index >= 15 is 0 Å². The molecule has 2 aliphatic rings. The molecule has 0 spiro atoms. The quantitative estimate of drug-likeness (QED) is 0.774. The maximum absolute atomic E-state index is 12.2. The fourth-order valence-corrected chi connectivity index (χ4v) is 2.61. The maximum atomic E-state index is 12.2. The van der Waals surface area contributed by atoms with Crippen LogP contribution in [0.1, 0.15) is 38.5 Å². The second kappa shape index (κ2) is 8.97. The van der Waals surface area contributed by atoms with E-state index in [0.717, 1.165) is 39.0 Å². The Balaban J connectivity index is 0.000000295. The Hall–Kier alpha value is -1.31. The lowest BCUT2D eigenvalue weighted by molar-refractivity contribution is -0.192. The van der Waals surface area contributed by atoms with Crippen LogP contribution in [0.15, 0.2) is 0 Å². The summed E-state index contributed by atoms with van der Waals surface area (Å²) >= 11 is 0. The van der Waals surface area contributed by atoms with E-state index in [2.05, 4.69) is 10.2 Å². The van der Waals surface area contributed by atoms with Gasteiger partial charge in [-0.2, -0.15) is 13.2 Å². The number of alkyl halides is 3. The number of carboxylic acids is 1. The molecule has 1 unspecified atom stereocenters. The standard InChI is InChI=1S/C12H22N2O.C2HF3O2/c15-12(11-6-5-7-13-10-11)14-8-3-1-2-4-9-14;3-2(4,5)1(6)7/h11,13H,1-10H2;(H,6,7). The lowest BCUT2D eigenvalue weighted by Crippen LogP contribution is -2.43. The summed E-state index contributed by atoms with van der Waals surface area (Å²) in [6.45, 7) is 3.98. The number of nitrogens with zero attached hydrogens (tertiary/aromatic N) is 1. The second-order valence-corrected chi connectivity index (χ2v) is 5.59. The Morgan fingerprint density at radius 3 is 2.00 bits per heavy atom. The minimum absolute atomic E-state index is 0.261. The molecular formula is C14H23F3N2O3. The van der Waals surface area contributed by atoms with Crippen molar-refractivity contribution < 1.29 is 27.9 Å². The first-order valence-corrected chi connectivity index (χ1v) is 7.62. The molecule has 0 aromatic rings. The molecule has 0 aromatic heterocycles. The van der Waals surface area contributed by atoms with Gasteiger partial charge in [0.15, 0.2) is 0 Å². The zero-order valence-electron chi connectivity index (χ0n) is 12.5.